The number of aryl methyl sites for hydroxylation is 1. The van der Waals surface area contributed by atoms with Crippen molar-refractivity contribution in [2.45, 2.75) is 40.3 Å². The summed E-state index contributed by atoms with van der Waals surface area (Å²) in [5.74, 6) is 0.455. The van der Waals surface area contributed by atoms with E-state index in [-0.39, 0.29) is 6.04 Å². The Morgan fingerprint density at radius 1 is 1.00 bits per heavy atom. The normalized spacial score (nSPS) is 15.5. The number of hydrogen-bond donors (Lipinski definition) is 1. The summed E-state index contributed by atoms with van der Waals surface area (Å²) < 4.78 is 4.17. The molecule has 6 rings (SSSR count). The van der Waals surface area contributed by atoms with E-state index in [4.69, 9.17) is 15.8 Å². The lowest BCUT2D eigenvalue weighted by molar-refractivity contribution is 0.147. The van der Waals surface area contributed by atoms with Crippen LogP contribution in [0.25, 0.3) is 27.9 Å². The van der Waals surface area contributed by atoms with Gasteiger partial charge >= 0.3 is 0 Å². The van der Waals surface area contributed by atoms with E-state index in [0.29, 0.717) is 5.82 Å². The Morgan fingerprint density at radius 3 is 2.58 bits per heavy atom. The Hall–Kier alpha value is -3.82. The average molecular weight is 512 g/mol. The highest BCUT2D eigenvalue weighted by molar-refractivity contribution is 5.88. The SMILES string of the molecule is CC.Cc1nn(C(C)c2cc3ccccn3c2-c2cccc(CN3CCN(C)CC3)n2)c2ncnc(N)c12. The highest BCUT2D eigenvalue weighted by Crippen LogP contribution is 2.34. The van der Waals surface area contributed by atoms with Gasteiger partial charge in [0.05, 0.1) is 34.2 Å². The first-order chi connectivity index (χ1) is 18.5. The number of nitrogen functional groups attached to an aromatic ring is 1. The number of nitrogens with two attached hydrogens (primary N) is 1. The monoisotopic (exact) mass is 511 g/mol. The molecule has 0 saturated carbocycles. The number of hydrogen-bond acceptors (Lipinski definition) is 7. The van der Waals surface area contributed by atoms with Crippen LogP contribution in [0.4, 0.5) is 5.82 Å². The van der Waals surface area contributed by atoms with Crippen LogP contribution in [0, 0.1) is 6.92 Å². The predicted molar refractivity (Wildman–Crippen MR) is 153 cm³/mol. The van der Waals surface area contributed by atoms with E-state index in [2.05, 4.69) is 86.8 Å². The predicted octanol–water partition coefficient (Wildman–Crippen LogP) is 4.41. The summed E-state index contributed by atoms with van der Waals surface area (Å²) in [6.07, 6.45) is 3.60. The summed E-state index contributed by atoms with van der Waals surface area (Å²) in [4.78, 5) is 18.7. The standard InChI is InChI=1S/C27H31N9.C2H6/c1-18-24-26(28)29-17-30-27(24)36(32-18)19(2)22-15-21-8-4-5-10-35(21)25(22)23-9-6-7-20(31-23)16-34-13-11-33(3)12-14-34;1-2/h4-10,15,17,19H,11-14,16H2,1-3H3,(H2,28,29,30);1-2H3. The number of piperazine rings is 1. The number of nitrogens with zero attached hydrogens (tertiary/aromatic N) is 8. The van der Waals surface area contributed by atoms with Gasteiger partial charge in [-0.05, 0) is 51.2 Å². The Labute approximate surface area is 223 Å². The van der Waals surface area contributed by atoms with Crippen LogP contribution >= 0.6 is 0 Å². The van der Waals surface area contributed by atoms with Gasteiger partial charge in [-0.2, -0.15) is 5.10 Å². The molecule has 1 saturated heterocycles. The number of fused-ring (bicyclic) bond motifs is 2. The van der Waals surface area contributed by atoms with Crippen molar-refractivity contribution in [1.82, 2.24) is 38.9 Å². The zero-order valence-corrected chi connectivity index (χ0v) is 23.0. The molecule has 198 valence electrons. The minimum Gasteiger partial charge on any atom is -0.383 e. The van der Waals surface area contributed by atoms with Crippen LogP contribution < -0.4 is 5.73 Å². The van der Waals surface area contributed by atoms with E-state index in [1.807, 2.05) is 25.5 Å². The number of pyridine rings is 2. The molecule has 1 atom stereocenters. The van der Waals surface area contributed by atoms with Crippen molar-refractivity contribution in [3.05, 3.63) is 71.9 Å². The third-order valence-corrected chi connectivity index (χ3v) is 7.25. The molecular weight excluding hydrogens is 474 g/mol. The summed E-state index contributed by atoms with van der Waals surface area (Å²) in [7, 11) is 2.18. The van der Waals surface area contributed by atoms with Gasteiger partial charge in [-0.25, -0.2) is 19.6 Å². The molecular formula is C29H37N9. The maximum Gasteiger partial charge on any atom is 0.164 e. The van der Waals surface area contributed by atoms with Crippen molar-refractivity contribution >= 4 is 22.4 Å². The zero-order valence-electron chi connectivity index (χ0n) is 23.0. The summed E-state index contributed by atoms with van der Waals surface area (Å²) in [6.45, 7) is 13.3. The fraction of sp³-hybridized carbons (Fsp3) is 0.379. The molecule has 1 fully saturated rings. The fourth-order valence-electron chi connectivity index (χ4n) is 5.24. The van der Waals surface area contributed by atoms with E-state index in [1.54, 1.807) is 0 Å². The van der Waals surface area contributed by atoms with Gasteiger partial charge in [0.1, 0.15) is 12.1 Å². The van der Waals surface area contributed by atoms with Crippen LogP contribution in [0.3, 0.4) is 0 Å². The molecule has 0 aromatic carbocycles. The molecule has 1 aliphatic rings. The molecule has 0 spiro atoms. The number of anilines is 1. The summed E-state index contributed by atoms with van der Waals surface area (Å²) in [5.41, 5.74) is 13.1. The van der Waals surface area contributed by atoms with E-state index in [9.17, 15) is 0 Å². The highest BCUT2D eigenvalue weighted by atomic mass is 15.3. The molecule has 5 aromatic heterocycles. The highest BCUT2D eigenvalue weighted by Gasteiger charge is 2.24. The second kappa shape index (κ2) is 10.9. The molecule has 38 heavy (non-hydrogen) atoms. The molecule has 6 heterocycles. The van der Waals surface area contributed by atoms with Gasteiger partial charge in [-0.3, -0.25) is 4.90 Å². The molecule has 0 bridgehead atoms. The second-order valence-electron chi connectivity index (χ2n) is 9.70. The van der Waals surface area contributed by atoms with E-state index in [0.717, 1.165) is 77.6 Å². The van der Waals surface area contributed by atoms with Gasteiger partial charge in [-0.1, -0.05) is 26.0 Å². The van der Waals surface area contributed by atoms with Crippen LogP contribution in [0.5, 0.6) is 0 Å². The Bertz CT molecular complexity index is 1540. The number of aromatic nitrogens is 6. The van der Waals surface area contributed by atoms with Crippen LogP contribution in [-0.2, 0) is 6.54 Å². The average Bonchev–Trinajstić information content (AvgIpc) is 3.50. The van der Waals surface area contributed by atoms with E-state index >= 15 is 0 Å². The summed E-state index contributed by atoms with van der Waals surface area (Å²) in [6, 6.07) is 14.7. The topological polar surface area (TPSA) is 93.4 Å². The number of rotatable bonds is 5. The van der Waals surface area contributed by atoms with Crippen LogP contribution in [0.2, 0.25) is 0 Å². The van der Waals surface area contributed by atoms with Crippen molar-refractivity contribution in [2.75, 3.05) is 39.0 Å². The second-order valence-corrected chi connectivity index (χ2v) is 9.70. The molecule has 1 unspecified atom stereocenters. The quantitative estimate of drug-likeness (QED) is 0.373. The summed E-state index contributed by atoms with van der Waals surface area (Å²) in [5, 5.41) is 5.63. The molecule has 0 amide bonds. The minimum atomic E-state index is -0.0894. The Morgan fingerprint density at radius 2 is 1.79 bits per heavy atom. The largest absolute Gasteiger partial charge is 0.383 e. The van der Waals surface area contributed by atoms with Crippen LogP contribution in [0.1, 0.15) is 43.8 Å². The van der Waals surface area contributed by atoms with Gasteiger partial charge in [0.15, 0.2) is 5.65 Å². The van der Waals surface area contributed by atoms with E-state index < -0.39 is 0 Å². The van der Waals surface area contributed by atoms with Crippen molar-refractivity contribution in [3.8, 4) is 11.4 Å². The minimum absolute atomic E-state index is 0.0894. The maximum absolute atomic E-state index is 6.17. The fourth-order valence-corrected chi connectivity index (χ4v) is 5.24. The van der Waals surface area contributed by atoms with Gasteiger partial charge in [0.25, 0.3) is 0 Å². The first-order valence-electron chi connectivity index (χ1n) is 13.4. The summed E-state index contributed by atoms with van der Waals surface area (Å²) >= 11 is 0. The van der Waals surface area contributed by atoms with Crippen molar-refractivity contribution < 1.29 is 0 Å². The van der Waals surface area contributed by atoms with Crippen molar-refractivity contribution in [1.29, 1.82) is 0 Å². The van der Waals surface area contributed by atoms with Gasteiger partial charge < -0.3 is 15.0 Å². The molecule has 5 aromatic rings. The van der Waals surface area contributed by atoms with Crippen molar-refractivity contribution in [3.63, 3.8) is 0 Å². The lowest BCUT2D eigenvalue weighted by atomic mass is 10.1. The Balaban J connectivity index is 0.00000144. The lowest BCUT2D eigenvalue weighted by Crippen LogP contribution is -2.44. The van der Waals surface area contributed by atoms with Crippen LogP contribution in [0.15, 0.2) is 55.0 Å². The van der Waals surface area contributed by atoms with E-state index in [1.165, 1.54) is 6.33 Å². The first-order valence-corrected chi connectivity index (χ1v) is 13.4. The molecule has 0 aliphatic carbocycles. The molecule has 1 aliphatic heterocycles. The van der Waals surface area contributed by atoms with Gasteiger partial charge in [0, 0.05) is 50.0 Å². The molecule has 9 nitrogen and oxygen atoms in total. The van der Waals surface area contributed by atoms with Crippen molar-refractivity contribution in [2.24, 2.45) is 0 Å². The third-order valence-electron chi connectivity index (χ3n) is 7.25. The molecule has 9 heteroatoms. The Kier molecular flexibility index (Phi) is 7.40. The number of likely N-dealkylation sites (N-methyl/N-ethyl adjacent to an activating group) is 1. The molecule has 0 radical (unpaired) electrons. The first kappa shape index (κ1) is 25.8. The molecule has 2 N–H and O–H groups in total. The maximum atomic E-state index is 6.17. The smallest absolute Gasteiger partial charge is 0.164 e. The van der Waals surface area contributed by atoms with Crippen LogP contribution in [-0.4, -0.2) is 72.2 Å². The third kappa shape index (κ3) is 4.75. The van der Waals surface area contributed by atoms with Gasteiger partial charge in [-0.15, -0.1) is 0 Å². The zero-order chi connectivity index (χ0) is 26.8. The van der Waals surface area contributed by atoms with Gasteiger partial charge in [0.2, 0.25) is 0 Å². The lowest BCUT2D eigenvalue weighted by Gasteiger charge is -2.32.